The van der Waals surface area contributed by atoms with Crippen molar-refractivity contribution in [2.24, 2.45) is 5.92 Å². The van der Waals surface area contributed by atoms with E-state index < -0.39 is 5.97 Å². The molecule has 1 aromatic carbocycles. The maximum absolute atomic E-state index is 11.9. The van der Waals surface area contributed by atoms with Gasteiger partial charge in [-0.25, -0.2) is 4.79 Å². The molecule has 5 nitrogen and oxygen atoms in total. The van der Waals surface area contributed by atoms with Crippen LogP contribution >= 0.6 is 0 Å². The second-order valence-corrected chi connectivity index (χ2v) is 4.72. The SMILES string of the molecule is CCOC(=O)C1CCCN(OC(=O)c2ccccc2)C1. The average Bonchev–Trinajstić information content (AvgIpc) is 2.48. The summed E-state index contributed by atoms with van der Waals surface area (Å²) in [6.07, 6.45) is 1.59. The number of ether oxygens (including phenoxy) is 1. The van der Waals surface area contributed by atoms with Gasteiger partial charge in [-0.2, -0.15) is 0 Å². The summed E-state index contributed by atoms with van der Waals surface area (Å²) < 4.78 is 5.01. The van der Waals surface area contributed by atoms with E-state index in [-0.39, 0.29) is 11.9 Å². The second-order valence-electron chi connectivity index (χ2n) is 4.72. The second kappa shape index (κ2) is 7.05. The van der Waals surface area contributed by atoms with E-state index in [0.29, 0.717) is 25.3 Å². The fraction of sp³-hybridized carbons (Fsp3) is 0.467. The van der Waals surface area contributed by atoms with Crippen LogP contribution in [0.4, 0.5) is 0 Å². The Bertz CT molecular complexity index is 460. The quantitative estimate of drug-likeness (QED) is 0.788. The van der Waals surface area contributed by atoms with Crippen molar-refractivity contribution in [1.29, 1.82) is 0 Å². The van der Waals surface area contributed by atoms with Crippen LogP contribution in [-0.2, 0) is 14.4 Å². The molecule has 1 atom stereocenters. The number of hydrogen-bond acceptors (Lipinski definition) is 5. The number of carbonyl (C=O) groups excluding carboxylic acids is 2. The fourth-order valence-electron chi connectivity index (χ4n) is 2.22. The minimum atomic E-state index is -0.393. The number of carbonyl (C=O) groups is 2. The van der Waals surface area contributed by atoms with Gasteiger partial charge in [0.1, 0.15) is 0 Å². The molecule has 0 amide bonds. The van der Waals surface area contributed by atoms with Crippen molar-refractivity contribution >= 4 is 11.9 Å². The topological polar surface area (TPSA) is 55.8 Å². The molecule has 1 saturated heterocycles. The zero-order valence-electron chi connectivity index (χ0n) is 11.6. The molecule has 20 heavy (non-hydrogen) atoms. The van der Waals surface area contributed by atoms with Crippen molar-refractivity contribution in [2.75, 3.05) is 19.7 Å². The van der Waals surface area contributed by atoms with Crippen molar-refractivity contribution < 1.29 is 19.2 Å². The van der Waals surface area contributed by atoms with Crippen molar-refractivity contribution in [3.63, 3.8) is 0 Å². The molecule has 5 heteroatoms. The number of hydroxylamine groups is 2. The lowest BCUT2D eigenvalue weighted by atomic mass is 10.00. The maximum Gasteiger partial charge on any atom is 0.357 e. The van der Waals surface area contributed by atoms with Gasteiger partial charge in [0.25, 0.3) is 0 Å². The predicted octanol–water partition coefficient (Wildman–Crippen LogP) is 2.03. The van der Waals surface area contributed by atoms with E-state index in [2.05, 4.69) is 0 Å². The van der Waals surface area contributed by atoms with Crippen molar-refractivity contribution in [2.45, 2.75) is 19.8 Å². The smallest absolute Gasteiger partial charge is 0.357 e. The highest BCUT2D eigenvalue weighted by Crippen LogP contribution is 2.19. The van der Waals surface area contributed by atoms with Gasteiger partial charge < -0.3 is 9.57 Å². The molecular formula is C15H19NO4. The predicted molar refractivity (Wildman–Crippen MR) is 72.8 cm³/mol. The molecule has 1 fully saturated rings. The molecule has 0 aromatic heterocycles. The van der Waals surface area contributed by atoms with Crippen LogP contribution < -0.4 is 0 Å². The third-order valence-corrected chi connectivity index (χ3v) is 3.23. The maximum atomic E-state index is 11.9. The zero-order chi connectivity index (χ0) is 14.4. The van der Waals surface area contributed by atoms with Crippen LogP contribution in [0.1, 0.15) is 30.1 Å². The number of piperidine rings is 1. The number of rotatable bonds is 4. The van der Waals surface area contributed by atoms with Gasteiger partial charge in [-0.05, 0) is 31.9 Å². The number of hydrogen-bond donors (Lipinski definition) is 0. The Balaban J connectivity index is 1.90. The van der Waals surface area contributed by atoms with Crippen LogP contribution in [0.15, 0.2) is 30.3 Å². The lowest BCUT2D eigenvalue weighted by molar-refractivity contribution is -0.163. The lowest BCUT2D eigenvalue weighted by Crippen LogP contribution is -2.40. The van der Waals surface area contributed by atoms with E-state index in [1.807, 2.05) is 6.07 Å². The standard InChI is InChI=1S/C15H19NO4/c1-2-19-14(17)13-9-6-10-16(11-13)20-15(18)12-7-4-3-5-8-12/h3-5,7-8,13H,2,6,9-11H2,1H3. The van der Waals surface area contributed by atoms with E-state index in [1.54, 1.807) is 36.3 Å². The van der Waals surface area contributed by atoms with Crippen LogP contribution in [0.25, 0.3) is 0 Å². The summed E-state index contributed by atoms with van der Waals surface area (Å²) in [5, 5.41) is 1.56. The summed E-state index contributed by atoms with van der Waals surface area (Å²) >= 11 is 0. The summed E-state index contributed by atoms with van der Waals surface area (Å²) in [5.74, 6) is -0.824. The molecule has 0 radical (unpaired) electrons. The van der Waals surface area contributed by atoms with Gasteiger partial charge in [-0.15, -0.1) is 5.06 Å². The molecule has 1 aliphatic rings. The highest BCUT2D eigenvalue weighted by atomic mass is 16.7. The first kappa shape index (κ1) is 14.5. The monoisotopic (exact) mass is 277 g/mol. The summed E-state index contributed by atoms with van der Waals surface area (Å²) in [7, 11) is 0. The molecule has 1 heterocycles. The Hall–Kier alpha value is -1.88. The van der Waals surface area contributed by atoms with Gasteiger partial charge >= 0.3 is 11.9 Å². The first-order chi connectivity index (χ1) is 9.70. The molecule has 0 saturated carbocycles. The van der Waals surface area contributed by atoms with Crippen LogP contribution in [-0.4, -0.2) is 36.7 Å². The van der Waals surface area contributed by atoms with Gasteiger partial charge in [-0.1, -0.05) is 18.2 Å². The Morgan fingerprint density at radius 3 is 2.75 bits per heavy atom. The minimum absolute atomic E-state index is 0.215. The van der Waals surface area contributed by atoms with Gasteiger partial charge in [0.2, 0.25) is 0 Å². The van der Waals surface area contributed by atoms with Crippen LogP contribution in [0.2, 0.25) is 0 Å². The molecule has 108 valence electrons. The molecular weight excluding hydrogens is 258 g/mol. The van der Waals surface area contributed by atoms with E-state index in [1.165, 1.54) is 0 Å². The Morgan fingerprint density at radius 2 is 2.05 bits per heavy atom. The molecule has 1 unspecified atom stereocenters. The van der Waals surface area contributed by atoms with E-state index in [0.717, 1.165) is 12.8 Å². The molecule has 0 bridgehead atoms. The third-order valence-electron chi connectivity index (χ3n) is 3.23. The van der Waals surface area contributed by atoms with Crippen molar-refractivity contribution in [1.82, 2.24) is 5.06 Å². The Morgan fingerprint density at radius 1 is 1.30 bits per heavy atom. The highest BCUT2D eigenvalue weighted by molar-refractivity contribution is 5.89. The summed E-state index contributed by atoms with van der Waals surface area (Å²) in [6.45, 7) is 3.21. The third kappa shape index (κ3) is 3.81. The van der Waals surface area contributed by atoms with Gasteiger partial charge in [-0.3, -0.25) is 4.79 Å². The Kier molecular flexibility index (Phi) is 5.12. The molecule has 0 spiro atoms. The summed E-state index contributed by atoms with van der Waals surface area (Å²) in [6, 6.07) is 8.82. The molecule has 1 aromatic rings. The molecule has 2 rings (SSSR count). The first-order valence-electron chi connectivity index (χ1n) is 6.89. The average molecular weight is 277 g/mol. The van der Waals surface area contributed by atoms with Gasteiger partial charge in [0.05, 0.1) is 18.1 Å². The number of esters is 1. The fourth-order valence-corrected chi connectivity index (χ4v) is 2.22. The molecule has 1 aliphatic heterocycles. The molecule has 0 N–H and O–H groups in total. The largest absolute Gasteiger partial charge is 0.466 e. The lowest BCUT2D eigenvalue weighted by Gasteiger charge is -2.29. The van der Waals surface area contributed by atoms with Crippen LogP contribution in [0.5, 0.6) is 0 Å². The summed E-state index contributed by atoms with van der Waals surface area (Å²) in [4.78, 5) is 29.0. The van der Waals surface area contributed by atoms with Crippen molar-refractivity contribution in [3.8, 4) is 0 Å². The highest BCUT2D eigenvalue weighted by Gasteiger charge is 2.29. The van der Waals surface area contributed by atoms with E-state index in [4.69, 9.17) is 9.57 Å². The first-order valence-corrected chi connectivity index (χ1v) is 6.89. The minimum Gasteiger partial charge on any atom is -0.466 e. The van der Waals surface area contributed by atoms with Crippen LogP contribution in [0, 0.1) is 5.92 Å². The normalized spacial score (nSPS) is 19.4. The van der Waals surface area contributed by atoms with Crippen molar-refractivity contribution in [3.05, 3.63) is 35.9 Å². The molecule has 0 aliphatic carbocycles. The van der Waals surface area contributed by atoms with E-state index in [9.17, 15) is 9.59 Å². The van der Waals surface area contributed by atoms with Crippen LogP contribution in [0.3, 0.4) is 0 Å². The Labute approximate surface area is 118 Å². The summed E-state index contributed by atoms with van der Waals surface area (Å²) in [5.41, 5.74) is 0.505. The number of benzene rings is 1. The zero-order valence-corrected chi connectivity index (χ0v) is 11.6. The number of nitrogens with zero attached hydrogens (tertiary/aromatic N) is 1. The van der Waals surface area contributed by atoms with E-state index >= 15 is 0 Å². The van der Waals surface area contributed by atoms with Gasteiger partial charge in [0, 0.05) is 13.1 Å². The van der Waals surface area contributed by atoms with Gasteiger partial charge in [0.15, 0.2) is 0 Å².